The number of nitrogens with one attached hydrogen (secondary N) is 3. The predicted octanol–water partition coefficient (Wildman–Crippen LogP) is 3.05. The summed E-state index contributed by atoms with van der Waals surface area (Å²) in [6.07, 6.45) is 8.77. The van der Waals surface area contributed by atoms with E-state index in [0.717, 1.165) is 51.4 Å². The van der Waals surface area contributed by atoms with Crippen LogP contribution in [0.25, 0.3) is 0 Å². The molecule has 7 nitrogen and oxygen atoms in total. The van der Waals surface area contributed by atoms with Crippen LogP contribution in [0.2, 0.25) is 0 Å². The quantitative estimate of drug-likeness (QED) is 0.457. The summed E-state index contributed by atoms with van der Waals surface area (Å²) in [5, 5.41) is 19.5. The molecule has 0 saturated carbocycles. The van der Waals surface area contributed by atoms with Crippen molar-refractivity contribution in [1.82, 2.24) is 16.0 Å². The van der Waals surface area contributed by atoms with Crippen molar-refractivity contribution in [1.29, 1.82) is 0 Å². The van der Waals surface area contributed by atoms with Crippen molar-refractivity contribution in [3.63, 3.8) is 0 Å². The molecule has 5 atom stereocenters. The van der Waals surface area contributed by atoms with Crippen LogP contribution in [0.4, 0.5) is 0 Å². The van der Waals surface area contributed by atoms with E-state index in [0.29, 0.717) is 25.3 Å². The normalized spacial score (nSPS) is 26.5. The molecular weight excluding hydrogens is 394 g/mol. The fourth-order valence-corrected chi connectivity index (χ4v) is 4.06. The second kappa shape index (κ2) is 15.2. The van der Waals surface area contributed by atoms with E-state index in [1.165, 1.54) is 0 Å². The number of aliphatic hydroxyl groups excluding tert-OH is 1. The largest absolute Gasteiger partial charge is 0.391 e. The maximum Gasteiger partial charge on any atom is 0.242 e. The van der Waals surface area contributed by atoms with Crippen LogP contribution >= 0.6 is 0 Å². The second-order valence-corrected chi connectivity index (χ2v) is 9.40. The predicted molar refractivity (Wildman–Crippen MR) is 123 cm³/mol. The number of unbranched alkanes of at least 4 members (excludes halogenated alkanes) is 1. The zero-order valence-corrected chi connectivity index (χ0v) is 20.0. The Hall–Kier alpha value is -1.63. The van der Waals surface area contributed by atoms with E-state index < -0.39 is 18.2 Å². The van der Waals surface area contributed by atoms with E-state index >= 15 is 0 Å². The summed E-state index contributed by atoms with van der Waals surface area (Å²) in [4.78, 5) is 37.1. The van der Waals surface area contributed by atoms with Crippen LogP contribution in [0.15, 0.2) is 0 Å². The average Bonchev–Trinajstić information content (AvgIpc) is 2.72. The molecule has 7 heteroatoms. The molecule has 1 aliphatic rings. The van der Waals surface area contributed by atoms with E-state index in [9.17, 15) is 19.5 Å². The summed E-state index contributed by atoms with van der Waals surface area (Å²) in [7, 11) is 0. The Labute approximate surface area is 188 Å². The van der Waals surface area contributed by atoms with Crippen molar-refractivity contribution >= 4 is 17.7 Å². The summed E-state index contributed by atoms with van der Waals surface area (Å²) in [6, 6.07) is -1.10. The lowest BCUT2D eigenvalue weighted by molar-refractivity contribution is -0.130. The fraction of sp³-hybridized carbons (Fsp3) is 0.875. The number of carbonyl (C=O) groups excluding carboxylic acids is 3. The Morgan fingerprint density at radius 2 is 1.81 bits per heavy atom. The Kier molecular flexibility index (Phi) is 13.5. The van der Waals surface area contributed by atoms with Gasteiger partial charge in [0.1, 0.15) is 6.04 Å². The monoisotopic (exact) mass is 439 g/mol. The van der Waals surface area contributed by atoms with Gasteiger partial charge in [0, 0.05) is 18.9 Å². The van der Waals surface area contributed by atoms with Gasteiger partial charge < -0.3 is 21.1 Å². The lowest BCUT2D eigenvalue weighted by atomic mass is 9.89. The third-order valence-electron chi connectivity index (χ3n) is 6.19. The van der Waals surface area contributed by atoms with Crippen molar-refractivity contribution in [2.45, 2.75) is 117 Å². The highest BCUT2D eigenvalue weighted by molar-refractivity contribution is 5.87. The summed E-state index contributed by atoms with van der Waals surface area (Å²) in [5.41, 5.74) is 0. The molecule has 1 aliphatic heterocycles. The molecule has 0 aromatic heterocycles. The molecule has 0 spiro atoms. The van der Waals surface area contributed by atoms with Gasteiger partial charge in [0.25, 0.3) is 0 Å². The van der Waals surface area contributed by atoms with Crippen LogP contribution in [0, 0.1) is 11.8 Å². The van der Waals surface area contributed by atoms with Crippen molar-refractivity contribution in [2.75, 3.05) is 6.54 Å². The van der Waals surface area contributed by atoms with E-state index in [2.05, 4.69) is 29.8 Å². The smallest absolute Gasteiger partial charge is 0.242 e. The van der Waals surface area contributed by atoms with Gasteiger partial charge in [-0.2, -0.15) is 0 Å². The Balaban J connectivity index is 2.78. The highest BCUT2D eigenvalue weighted by Crippen LogP contribution is 2.21. The summed E-state index contributed by atoms with van der Waals surface area (Å²) in [6.45, 7) is 8.34. The van der Waals surface area contributed by atoms with Gasteiger partial charge in [-0.3, -0.25) is 14.4 Å². The maximum atomic E-state index is 12.7. The number of rotatable bonds is 7. The first-order valence-electron chi connectivity index (χ1n) is 12.3. The standard InChI is InChI=1S/C24H45N3O4/c1-5-6-14-25-23(30)18(3)16-21(28)20-15-17(2)12-10-8-7-9-11-13-22(29)26-19(4)24(31)27-20/h17-21,28H,5-16H2,1-4H3,(H,25,30)(H,26,29)(H,27,31)/t17-,18?,19+,20+,21?/m1/s1. The number of hydrogen-bond acceptors (Lipinski definition) is 4. The molecular formula is C24H45N3O4. The number of aliphatic hydroxyl groups is 1. The summed E-state index contributed by atoms with van der Waals surface area (Å²) >= 11 is 0. The molecule has 4 N–H and O–H groups in total. The minimum absolute atomic E-state index is 0.0651. The van der Waals surface area contributed by atoms with Gasteiger partial charge in [0.2, 0.25) is 17.7 Å². The minimum atomic E-state index is -0.822. The first-order chi connectivity index (χ1) is 14.7. The summed E-state index contributed by atoms with van der Waals surface area (Å²) < 4.78 is 0. The lowest BCUT2D eigenvalue weighted by Gasteiger charge is -2.29. The van der Waals surface area contributed by atoms with Crippen LogP contribution in [0.3, 0.4) is 0 Å². The van der Waals surface area contributed by atoms with E-state index in [4.69, 9.17) is 0 Å². The van der Waals surface area contributed by atoms with Crippen LogP contribution in [0.5, 0.6) is 0 Å². The highest BCUT2D eigenvalue weighted by Gasteiger charge is 2.28. The zero-order chi connectivity index (χ0) is 23.2. The van der Waals surface area contributed by atoms with Gasteiger partial charge in [-0.15, -0.1) is 0 Å². The Morgan fingerprint density at radius 3 is 2.52 bits per heavy atom. The van der Waals surface area contributed by atoms with E-state index in [1.807, 2.05) is 6.92 Å². The molecule has 3 amide bonds. The number of carbonyl (C=O) groups is 3. The zero-order valence-electron chi connectivity index (χ0n) is 20.0. The molecule has 1 saturated heterocycles. The first-order valence-corrected chi connectivity index (χ1v) is 12.3. The van der Waals surface area contributed by atoms with Crippen LogP contribution in [-0.4, -0.2) is 47.6 Å². The highest BCUT2D eigenvalue weighted by atomic mass is 16.3. The fourth-order valence-electron chi connectivity index (χ4n) is 4.06. The molecule has 0 radical (unpaired) electrons. The second-order valence-electron chi connectivity index (χ2n) is 9.40. The van der Waals surface area contributed by atoms with Crippen molar-refractivity contribution in [2.24, 2.45) is 11.8 Å². The van der Waals surface area contributed by atoms with E-state index in [-0.39, 0.29) is 30.1 Å². The van der Waals surface area contributed by atoms with Gasteiger partial charge in [0.15, 0.2) is 0 Å². The number of hydrogen-bond donors (Lipinski definition) is 4. The van der Waals surface area contributed by atoms with Crippen molar-refractivity contribution in [3.8, 4) is 0 Å². The molecule has 2 unspecified atom stereocenters. The van der Waals surface area contributed by atoms with Crippen LogP contribution in [0.1, 0.15) is 98.3 Å². The molecule has 0 aliphatic carbocycles. The third kappa shape index (κ3) is 11.5. The van der Waals surface area contributed by atoms with Gasteiger partial charge in [-0.25, -0.2) is 0 Å². The molecule has 180 valence electrons. The lowest BCUT2D eigenvalue weighted by Crippen LogP contribution is -2.52. The third-order valence-corrected chi connectivity index (χ3v) is 6.19. The Morgan fingerprint density at radius 1 is 1.13 bits per heavy atom. The van der Waals surface area contributed by atoms with Crippen LogP contribution < -0.4 is 16.0 Å². The topological polar surface area (TPSA) is 108 Å². The number of amides is 3. The Bertz CT molecular complexity index is 555. The SMILES string of the molecule is CCCCNC(=O)C(C)CC(O)[C@@H]1C[C@H](C)CCCCCCCC(=O)N[C@@H](C)C(=O)N1. The molecule has 0 bridgehead atoms. The molecule has 31 heavy (non-hydrogen) atoms. The van der Waals surface area contributed by atoms with Gasteiger partial charge in [-0.05, 0) is 38.5 Å². The average molecular weight is 440 g/mol. The van der Waals surface area contributed by atoms with Crippen molar-refractivity contribution < 1.29 is 19.5 Å². The van der Waals surface area contributed by atoms with Gasteiger partial charge >= 0.3 is 0 Å². The molecule has 1 fully saturated rings. The maximum absolute atomic E-state index is 12.7. The van der Waals surface area contributed by atoms with Crippen molar-refractivity contribution in [3.05, 3.63) is 0 Å². The molecule has 1 rings (SSSR count). The van der Waals surface area contributed by atoms with E-state index in [1.54, 1.807) is 6.92 Å². The molecule has 0 aromatic carbocycles. The minimum Gasteiger partial charge on any atom is -0.391 e. The summed E-state index contributed by atoms with van der Waals surface area (Å²) in [5.74, 6) is -0.457. The van der Waals surface area contributed by atoms with Gasteiger partial charge in [-0.1, -0.05) is 59.3 Å². The molecule has 0 aromatic rings. The first kappa shape index (κ1) is 27.4. The van der Waals surface area contributed by atoms with Crippen LogP contribution in [-0.2, 0) is 14.4 Å². The molecule has 1 heterocycles. The van der Waals surface area contributed by atoms with Gasteiger partial charge in [0.05, 0.1) is 12.1 Å².